The lowest BCUT2D eigenvalue weighted by Gasteiger charge is -2.12. The van der Waals surface area contributed by atoms with Crippen LogP contribution in [0.5, 0.6) is 0 Å². The van der Waals surface area contributed by atoms with Gasteiger partial charge in [-0.2, -0.15) is 0 Å². The quantitative estimate of drug-likeness (QED) is 0.652. The maximum atomic E-state index is 13.2. The van der Waals surface area contributed by atoms with Crippen LogP contribution in [0, 0.1) is 0 Å². The molecule has 2 aromatic heterocycles. The fraction of sp³-hybridized carbons (Fsp3) is 0.316. The van der Waals surface area contributed by atoms with Gasteiger partial charge >= 0.3 is 0 Å². The van der Waals surface area contributed by atoms with E-state index in [0.29, 0.717) is 37.2 Å². The fourth-order valence-electron chi connectivity index (χ4n) is 2.78. The van der Waals surface area contributed by atoms with Crippen LogP contribution >= 0.6 is 11.3 Å². The Hall–Kier alpha value is -2.31. The number of hydrogen-bond donors (Lipinski definition) is 0. The number of carbonyl (C=O) groups is 1. The van der Waals surface area contributed by atoms with Gasteiger partial charge in [0.1, 0.15) is 16.4 Å². The highest BCUT2D eigenvalue weighted by Crippen LogP contribution is 2.30. The molecular weight excluding hydrogens is 336 g/mol. The third-order valence-electron chi connectivity index (χ3n) is 4.07. The Kier molecular flexibility index (Phi) is 5.40. The Morgan fingerprint density at radius 2 is 2.04 bits per heavy atom. The minimum Gasteiger partial charge on any atom is -0.384 e. The van der Waals surface area contributed by atoms with Gasteiger partial charge in [0.2, 0.25) is 0 Å². The largest absolute Gasteiger partial charge is 0.384 e. The summed E-state index contributed by atoms with van der Waals surface area (Å²) in [6.07, 6.45) is 0.857. The van der Waals surface area contributed by atoms with E-state index in [9.17, 15) is 9.59 Å². The molecule has 0 aliphatic rings. The number of ether oxygens (including phenoxy) is 1. The van der Waals surface area contributed by atoms with Crippen molar-refractivity contribution in [1.29, 1.82) is 0 Å². The van der Waals surface area contributed by atoms with E-state index in [2.05, 4.69) is 4.98 Å². The Balaban J connectivity index is 2.16. The number of aromatic nitrogens is 2. The van der Waals surface area contributed by atoms with Crippen LogP contribution in [0.1, 0.15) is 19.2 Å². The molecule has 130 valence electrons. The number of benzene rings is 1. The molecule has 0 amide bonds. The molecule has 0 unspecified atom stereocenters. The number of ketones is 1. The van der Waals surface area contributed by atoms with Gasteiger partial charge in [-0.05, 0) is 12.5 Å². The molecule has 2 heterocycles. The molecule has 5 nitrogen and oxygen atoms in total. The van der Waals surface area contributed by atoms with Crippen molar-refractivity contribution >= 4 is 27.3 Å². The minimum atomic E-state index is -0.0857. The summed E-state index contributed by atoms with van der Waals surface area (Å²) >= 11 is 1.47. The molecule has 1 aromatic carbocycles. The van der Waals surface area contributed by atoms with E-state index < -0.39 is 0 Å². The SMILES string of the molecule is COCCc1nc2scc(-c3ccccc3)c2c(=O)n1CCC(C)=O. The number of carbonyl (C=O) groups excluding carboxylic acids is 1. The van der Waals surface area contributed by atoms with Crippen molar-refractivity contribution in [2.75, 3.05) is 13.7 Å². The number of Topliss-reactive ketones (excluding diaryl/α,β-unsaturated/α-hetero) is 1. The van der Waals surface area contributed by atoms with Crippen LogP contribution in [0.25, 0.3) is 21.3 Å². The molecule has 6 heteroatoms. The summed E-state index contributed by atoms with van der Waals surface area (Å²) in [6.45, 7) is 2.36. The van der Waals surface area contributed by atoms with Gasteiger partial charge in [0, 0.05) is 37.4 Å². The first-order valence-electron chi connectivity index (χ1n) is 8.16. The molecule has 3 aromatic rings. The smallest absolute Gasteiger partial charge is 0.262 e. The van der Waals surface area contributed by atoms with Gasteiger partial charge in [-0.3, -0.25) is 14.2 Å². The van der Waals surface area contributed by atoms with Crippen molar-refractivity contribution < 1.29 is 9.53 Å². The molecule has 0 aliphatic carbocycles. The zero-order valence-corrected chi connectivity index (χ0v) is 15.1. The molecule has 0 atom stereocenters. The molecule has 0 spiro atoms. The second kappa shape index (κ2) is 7.72. The predicted octanol–water partition coefficient (Wildman–Crippen LogP) is 3.29. The highest BCUT2D eigenvalue weighted by atomic mass is 32.1. The molecule has 25 heavy (non-hydrogen) atoms. The lowest BCUT2D eigenvalue weighted by Crippen LogP contribution is -2.26. The van der Waals surface area contributed by atoms with Crippen LogP contribution < -0.4 is 5.56 Å². The Labute approximate surface area is 149 Å². The van der Waals surface area contributed by atoms with Crippen LogP contribution in [-0.4, -0.2) is 29.1 Å². The Morgan fingerprint density at radius 3 is 2.72 bits per heavy atom. The van der Waals surface area contributed by atoms with Gasteiger partial charge in [-0.1, -0.05) is 30.3 Å². The fourth-order valence-corrected chi connectivity index (χ4v) is 3.74. The number of hydrogen-bond acceptors (Lipinski definition) is 5. The molecule has 0 aliphatic heterocycles. The maximum absolute atomic E-state index is 13.2. The number of nitrogens with zero attached hydrogens (tertiary/aromatic N) is 2. The summed E-state index contributed by atoms with van der Waals surface area (Å²) in [5.41, 5.74) is 1.81. The first kappa shape index (κ1) is 17.5. The second-order valence-corrected chi connectivity index (χ2v) is 6.73. The monoisotopic (exact) mass is 356 g/mol. The van der Waals surface area contributed by atoms with Crippen LogP contribution in [-0.2, 0) is 22.5 Å². The predicted molar refractivity (Wildman–Crippen MR) is 100 cm³/mol. The third-order valence-corrected chi connectivity index (χ3v) is 4.95. The second-order valence-electron chi connectivity index (χ2n) is 5.88. The van der Waals surface area contributed by atoms with Gasteiger partial charge < -0.3 is 4.74 Å². The molecule has 0 N–H and O–H groups in total. The first-order valence-corrected chi connectivity index (χ1v) is 9.04. The molecular formula is C19H20N2O3S. The number of fused-ring (bicyclic) bond motifs is 1. The van der Waals surface area contributed by atoms with E-state index in [1.54, 1.807) is 11.7 Å². The summed E-state index contributed by atoms with van der Waals surface area (Å²) in [5, 5.41) is 2.60. The average Bonchev–Trinajstić information content (AvgIpc) is 3.04. The van der Waals surface area contributed by atoms with Gasteiger partial charge in [-0.25, -0.2) is 4.98 Å². The van der Waals surface area contributed by atoms with Gasteiger partial charge in [-0.15, -0.1) is 11.3 Å². The molecule has 3 rings (SSSR count). The summed E-state index contributed by atoms with van der Waals surface area (Å²) in [4.78, 5) is 30.0. The Morgan fingerprint density at radius 1 is 1.28 bits per heavy atom. The lowest BCUT2D eigenvalue weighted by atomic mass is 10.1. The average molecular weight is 356 g/mol. The number of thiophene rings is 1. The lowest BCUT2D eigenvalue weighted by molar-refractivity contribution is -0.117. The van der Waals surface area contributed by atoms with E-state index in [1.807, 2.05) is 35.7 Å². The summed E-state index contributed by atoms with van der Waals surface area (Å²) in [6, 6.07) is 9.82. The van der Waals surface area contributed by atoms with Crippen molar-refractivity contribution in [1.82, 2.24) is 9.55 Å². The van der Waals surface area contributed by atoms with Gasteiger partial charge in [0.25, 0.3) is 5.56 Å². The molecule has 0 bridgehead atoms. The number of rotatable bonds is 7. The van der Waals surface area contributed by atoms with Gasteiger partial charge in [0.05, 0.1) is 12.0 Å². The van der Waals surface area contributed by atoms with Crippen molar-refractivity contribution in [2.24, 2.45) is 0 Å². The minimum absolute atomic E-state index is 0.0540. The first-order chi connectivity index (χ1) is 12.1. The van der Waals surface area contributed by atoms with E-state index in [-0.39, 0.29) is 11.3 Å². The van der Waals surface area contributed by atoms with Crippen LogP contribution in [0.2, 0.25) is 0 Å². The van der Waals surface area contributed by atoms with Gasteiger partial charge in [0.15, 0.2) is 0 Å². The molecule has 0 saturated carbocycles. The zero-order chi connectivity index (χ0) is 17.8. The Bertz CT molecular complexity index is 944. The molecule has 0 radical (unpaired) electrons. The maximum Gasteiger partial charge on any atom is 0.262 e. The number of methoxy groups -OCH3 is 1. The van der Waals surface area contributed by atoms with Crippen LogP contribution in [0.3, 0.4) is 0 Å². The standard InChI is InChI=1S/C19H20N2O3S/c1-13(22)8-10-21-16(9-11-24-2)20-18-17(19(21)23)15(12-25-18)14-6-4-3-5-7-14/h3-7,12H,8-11H2,1-2H3. The zero-order valence-electron chi connectivity index (χ0n) is 14.3. The molecule has 0 fully saturated rings. The van der Waals surface area contributed by atoms with E-state index in [4.69, 9.17) is 4.74 Å². The summed E-state index contributed by atoms with van der Waals surface area (Å²) in [7, 11) is 1.62. The highest BCUT2D eigenvalue weighted by Gasteiger charge is 2.17. The summed E-state index contributed by atoms with van der Waals surface area (Å²) in [5.74, 6) is 0.723. The van der Waals surface area contributed by atoms with Crippen molar-refractivity contribution in [2.45, 2.75) is 26.3 Å². The molecule has 0 saturated heterocycles. The van der Waals surface area contributed by atoms with E-state index >= 15 is 0 Å². The van der Waals surface area contributed by atoms with E-state index in [1.165, 1.54) is 18.3 Å². The normalized spacial score (nSPS) is 11.1. The van der Waals surface area contributed by atoms with Crippen LogP contribution in [0.4, 0.5) is 0 Å². The summed E-state index contributed by atoms with van der Waals surface area (Å²) < 4.78 is 6.76. The topological polar surface area (TPSA) is 61.2 Å². The van der Waals surface area contributed by atoms with Crippen molar-refractivity contribution in [3.8, 4) is 11.1 Å². The van der Waals surface area contributed by atoms with Crippen LogP contribution in [0.15, 0.2) is 40.5 Å². The third kappa shape index (κ3) is 3.70. The van der Waals surface area contributed by atoms with Crippen molar-refractivity contribution in [3.05, 3.63) is 51.9 Å². The van der Waals surface area contributed by atoms with E-state index in [0.717, 1.165) is 16.0 Å². The van der Waals surface area contributed by atoms with Crippen molar-refractivity contribution in [3.63, 3.8) is 0 Å². The highest BCUT2D eigenvalue weighted by molar-refractivity contribution is 7.17.